The summed E-state index contributed by atoms with van der Waals surface area (Å²) in [6.45, 7) is 4.17. The van der Waals surface area contributed by atoms with Gasteiger partial charge in [-0.05, 0) is 61.4 Å². The number of nitrogens with zero attached hydrogens (tertiary/aromatic N) is 1. The van der Waals surface area contributed by atoms with Crippen LogP contribution < -0.4 is 0 Å². The van der Waals surface area contributed by atoms with Crippen LogP contribution in [0.5, 0.6) is 0 Å². The standard InChI is InChI=1S/C34H23NO2/c1-20-21(2)36-33-19-29-25-8-3-5-12-30(25)35(31(29)18-28(20)33)23-16-14-22(15-17-23)24-10-7-11-27-26-9-4-6-13-32(26)37-34(24)27/h3-19H,1-2H3. The van der Waals surface area contributed by atoms with Crippen molar-refractivity contribution in [1.82, 2.24) is 4.57 Å². The Kier molecular flexibility index (Phi) is 4.07. The minimum Gasteiger partial charge on any atom is -0.461 e. The molecular weight excluding hydrogens is 454 g/mol. The van der Waals surface area contributed by atoms with Crippen LogP contribution in [-0.2, 0) is 0 Å². The highest BCUT2D eigenvalue weighted by atomic mass is 16.3. The molecule has 0 radical (unpaired) electrons. The summed E-state index contributed by atoms with van der Waals surface area (Å²) < 4.78 is 14.7. The van der Waals surface area contributed by atoms with Crippen molar-refractivity contribution in [2.45, 2.75) is 13.8 Å². The molecule has 3 heteroatoms. The lowest BCUT2D eigenvalue weighted by Crippen LogP contribution is -1.93. The van der Waals surface area contributed by atoms with Gasteiger partial charge in [-0.1, -0.05) is 66.7 Å². The summed E-state index contributed by atoms with van der Waals surface area (Å²) in [6.07, 6.45) is 0. The molecule has 37 heavy (non-hydrogen) atoms. The van der Waals surface area contributed by atoms with Crippen molar-refractivity contribution in [1.29, 1.82) is 0 Å². The number of rotatable bonds is 2. The van der Waals surface area contributed by atoms with E-state index in [1.54, 1.807) is 0 Å². The first-order valence-corrected chi connectivity index (χ1v) is 12.6. The molecule has 3 aromatic heterocycles. The Morgan fingerprint density at radius 2 is 1.30 bits per heavy atom. The largest absolute Gasteiger partial charge is 0.461 e. The molecule has 8 aromatic rings. The van der Waals surface area contributed by atoms with Crippen LogP contribution in [-0.4, -0.2) is 4.57 Å². The topological polar surface area (TPSA) is 31.2 Å². The first-order valence-electron chi connectivity index (χ1n) is 12.6. The fourth-order valence-electron chi connectivity index (χ4n) is 5.85. The number of aromatic nitrogens is 1. The number of benzene rings is 5. The number of para-hydroxylation sites is 3. The Bertz CT molecular complexity index is 2150. The highest BCUT2D eigenvalue weighted by Gasteiger charge is 2.17. The van der Waals surface area contributed by atoms with Crippen LogP contribution in [0.1, 0.15) is 11.3 Å². The van der Waals surface area contributed by atoms with Crippen molar-refractivity contribution in [3.8, 4) is 16.8 Å². The van der Waals surface area contributed by atoms with Gasteiger partial charge in [0.1, 0.15) is 22.5 Å². The van der Waals surface area contributed by atoms with E-state index in [4.69, 9.17) is 8.83 Å². The zero-order valence-electron chi connectivity index (χ0n) is 20.6. The van der Waals surface area contributed by atoms with Gasteiger partial charge in [-0.2, -0.15) is 0 Å². The Morgan fingerprint density at radius 3 is 2.16 bits per heavy atom. The Morgan fingerprint density at radius 1 is 0.541 bits per heavy atom. The highest BCUT2D eigenvalue weighted by Crippen LogP contribution is 2.39. The molecule has 0 unspecified atom stereocenters. The first kappa shape index (κ1) is 20.4. The zero-order valence-corrected chi connectivity index (χ0v) is 20.6. The molecule has 0 fully saturated rings. The van der Waals surface area contributed by atoms with E-state index in [0.29, 0.717) is 0 Å². The summed E-state index contributed by atoms with van der Waals surface area (Å²) >= 11 is 0. The molecule has 3 nitrogen and oxygen atoms in total. The molecule has 0 amide bonds. The van der Waals surface area contributed by atoms with Gasteiger partial charge < -0.3 is 13.4 Å². The molecule has 0 atom stereocenters. The maximum atomic E-state index is 6.30. The lowest BCUT2D eigenvalue weighted by Gasteiger charge is -2.10. The summed E-state index contributed by atoms with van der Waals surface area (Å²) in [7, 11) is 0. The minimum atomic E-state index is 0.919. The van der Waals surface area contributed by atoms with Gasteiger partial charge >= 0.3 is 0 Å². The fourth-order valence-corrected chi connectivity index (χ4v) is 5.85. The summed E-state index contributed by atoms with van der Waals surface area (Å²) in [4.78, 5) is 0. The van der Waals surface area contributed by atoms with Crippen molar-refractivity contribution in [3.63, 3.8) is 0 Å². The van der Waals surface area contributed by atoms with Crippen molar-refractivity contribution < 1.29 is 8.83 Å². The molecule has 0 saturated carbocycles. The van der Waals surface area contributed by atoms with Gasteiger partial charge in [0.05, 0.1) is 11.0 Å². The van der Waals surface area contributed by atoms with Crippen molar-refractivity contribution in [2.24, 2.45) is 0 Å². The maximum absolute atomic E-state index is 6.30. The molecular formula is C34H23NO2. The average Bonchev–Trinajstić information content (AvgIpc) is 3.57. The van der Waals surface area contributed by atoms with Gasteiger partial charge in [0.25, 0.3) is 0 Å². The molecule has 0 bridgehead atoms. The molecule has 3 heterocycles. The van der Waals surface area contributed by atoms with Gasteiger partial charge in [-0.15, -0.1) is 0 Å². The van der Waals surface area contributed by atoms with Crippen LogP contribution in [0, 0.1) is 13.8 Å². The normalized spacial score (nSPS) is 12.1. The number of hydrogen-bond acceptors (Lipinski definition) is 2. The van der Waals surface area contributed by atoms with Crippen LogP contribution in [0.2, 0.25) is 0 Å². The molecule has 0 saturated heterocycles. The monoisotopic (exact) mass is 477 g/mol. The number of furan rings is 2. The van der Waals surface area contributed by atoms with Crippen LogP contribution in [0.15, 0.2) is 112 Å². The highest BCUT2D eigenvalue weighted by molar-refractivity contribution is 6.13. The van der Waals surface area contributed by atoms with E-state index in [1.165, 1.54) is 32.8 Å². The van der Waals surface area contributed by atoms with E-state index in [1.807, 2.05) is 19.1 Å². The van der Waals surface area contributed by atoms with Crippen LogP contribution in [0.3, 0.4) is 0 Å². The van der Waals surface area contributed by atoms with Crippen LogP contribution in [0.25, 0.3) is 71.5 Å². The third kappa shape index (κ3) is 2.82. The number of fused-ring (bicyclic) bond motifs is 7. The molecule has 0 N–H and O–H groups in total. The van der Waals surface area contributed by atoms with E-state index in [0.717, 1.165) is 50.1 Å². The number of hydrogen-bond donors (Lipinski definition) is 0. The van der Waals surface area contributed by atoms with Crippen molar-refractivity contribution >= 4 is 54.7 Å². The summed E-state index contributed by atoms with van der Waals surface area (Å²) in [6, 6.07) is 36.5. The first-order chi connectivity index (χ1) is 18.2. The lowest BCUT2D eigenvalue weighted by molar-refractivity contribution is 0.575. The van der Waals surface area contributed by atoms with Crippen molar-refractivity contribution in [3.05, 3.63) is 114 Å². The summed E-state index contributed by atoms with van der Waals surface area (Å²) in [5.74, 6) is 0.975. The van der Waals surface area contributed by atoms with E-state index in [2.05, 4.69) is 102 Å². The Labute approximate surface area is 213 Å². The van der Waals surface area contributed by atoms with E-state index >= 15 is 0 Å². The van der Waals surface area contributed by atoms with Gasteiger partial charge in [-0.3, -0.25) is 0 Å². The van der Waals surface area contributed by atoms with Gasteiger partial charge in [-0.25, -0.2) is 0 Å². The summed E-state index contributed by atoms with van der Waals surface area (Å²) in [5.41, 5.74) is 9.74. The minimum absolute atomic E-state index is 0.919. The Balaban J connectivity index is 1.34. The smallest absolute Gasteiger partial charge is 0.143 e. The van der Waals surface area contributed by atoms with E-state index in [-0.39, 0.29) is 0 Å². The number of aryl methyl sites for hydroxylation is 2. The second-order valence-electron chi connectivity index (χ2n) is 9.83. The third-order valence-corrected chi connectivity index (χ3v) is 7.81. The van der Waals surface area contributed by atoms with Gasteiger partial charge in [0, 0.05) is 38.2 Å². The molecule has 176 valence electrons. The lowest BCUT2D eigenvalue weighted by atomic mass is 10.0. The van der Waals surface area contributed by atoms with E-state index < -0.39 is 0 Å². The maximum Gasteiger partial charge on any atom is 0.143 e. The van der Waals surface area contributed by atoms with E-state index in [9.17, 15) is 0 Å². The zero-order chi connectivity index (χ0) is 24.7. The molecule has 8 rings (SSSR count). The predicted octanol–water partition coefficient (Wildman–Crippen LogP) is 9.71. The van der Waals surface area contributed by atoms with Gasteiger partial charge in [0.15, 0.2) is 0 Å². The quantitative estimate of drug-likeness (QED) is 0.248. The van der Waals surface area contributed by atoms with Crippen molar-refractivity contribution in [2.75, 3.05) is 0 Å². The van der Waals surface area contributed by atoms with Gasteiger partial charge in [0.2, 0.25) is 0 Å². The molecule has 5 aromatic carbocycles. The molecule has 0 aliphatic carbocycles. The van der Waals surface area contributed by atoms with Crippen LogP contribution in [0.4, 0.5) is 0 Å². The molecule has 0 aliphatic heterocycles. The third-order valence-electron chi connectivity index (χ3n) is 7.81. The Hall–Kier alpha value is -4.76. The molecule has 0 spiro atoms. The molecule has 0 aliphatic rings. The second kappa shape index (κ2) is 7.37. The average molecular weight is 478 g/mol. The summed E-state index contributed by atoms with van der Waals surface area (Å²) in [5, 5.41) is 5.89. The second-order valence-corrected chi connectivity index (χ2v) is 9.83. The SMILES string of the molecule is Cc1oc2cc3c4ccccc4n(-c4ccc(-c5cccc6c5oc5ccccc56)cc4)c3cc2c1C. The predicted molar refractivity (Wildman–Crippen MR) is 153 cm³/mol. The fraction of sp³-hybridized carbons (Fsp3) is 0.0588. The van der Waals surface area contributed by atoms with Crippen LogP contribution >= 0.6 is 0 Å².